The highest BCUT2D eigenvalue weighted by molar-refractivity contribution is 4.83. The van der Waals surface area contributed by atoms with Crippen LogP contribution in [0.5, 0.6) is 0 Å². The lowest BCUT2D eigenvalue weighted by Crippen LogP contribution is -2.37. The molecular formula is C13H26N2. The molecule has 2 fully saturated rings. The molecule has 88 valence electrons. The van der Waals surface area contributed by atoms with Gasteiger partial charge in [0, 0.05) is 6.04 Å². The van der Waals surface area contributed by atoms with Crippen molar-refractivity contribution < 1.29 is 0 Å². The monoisotopic (exact) mass is 210 g/mol. The molecule has 0 unspecified atom stereocenters. The van der Waals surface area contributed by atoms with Crippen LogP contribution in [0.2, 0.25) is 0 Å². The second-order valence-corrected chi connectivity index (χ2v) is 5.54. The van der Waals surface area contributed by atoms with Gasteiger partial charge in [0.2, 0.25) is 0 Å². The van der Waals surface area contributed by atoms with Crippen LogP contribution in [0, 0.1) is 11.8 Å². The Morgan fingerprint density at radius 1 is 0.867 bits per heavy atom. The van der Waals surface area contributed by atoms with Gasteiger partial charge in [-0.2, -0.15) is 0 Å². The molecule has 0 spiro atoms. The maximum atomic E-state index is 3.43. The number of nitrogens with one attached hydrogen (secondary N) is 1. The quantitative estimate of drug-likeness (QED) is 0.751. The first-order valence-electron chi connectivity index (χ1n) is 6.65. The predicted octanol–water partition coefficient (Wildman–Crippen LogP) is 2.11. The van der Waals surface area contributed by atoms with E-state index in [1.807, 2.05) is 0 Å². The van der Waals surface area contributed by atoms with Crippen LogP contribution in [0.3, 0.4) is 0 Å². The van der Waals surface area contributed by atoms with Gasteiger partial charge in [-0.1, -0.05) is 0 Å². The van der Waals surface area contributed by atoms with Gasteiger partial charge < -0.3 is 10.2 Å². The summed E-state index contributed by atoms with van der Waals surface area (Å²) in [7, 11) is 4.37. The molecule has 0 radical (unpaired) electrons. The third-order valence-electron chi connectivity index (χ3n) is 4.61. The van der Waals surface area contributed by atoms with E-state index in [1.165, 1.54) is 51.6 Å². The molecule has 2 heteroatoms. The van der Waals surface area contributed by atoms with Crippen molar-refractivity contribution in [2.75, 3.05) is 27.2 Å². The summed E-state index contributed by atoms with van der Waals surface area (Å²) in [6.07, 6.45) is 8.66. The smallest absolute Gasteiger partial charge is 0.00642 e. The second-order valence-electron chi connectivity index (χ2n) is 5.54. The lowest BCUT2D eigenvalue weighted by atomic mass is 9.74. The maximum absolute atomic E-state index is 3.43. The van der Waals surface area contributed by atoms with Crippen molar-refractivity contribution in [3.63, 3.8) is 0 Å². The Bertz CT molecular complexity index is 177. The van der Waals surface area contributed by atoms with Gasteiger partial charge in [0.1, 0.15) is 0 Å². The molecule has 2 aliphatic rings. The predicted molar refractivity (Wildman–Crippen MR) is 65.0 cm³/mol. The van der Waals surface area contributed by atoms with E-state index in [0.29, 0.717) is 0 Å². The van der Waals surface area contributed by atoms with Crippen LogP contribution in [-0.4, -0.2) is 38.1 Å². The zero-order chi connectivity index (χ0) is 10.7. The van der Waals surface area contributed by atoms with Gasteiger partial charge in [-0.05, 0) is 77.5 Å². The Morgan fingerprint density at radius 2 is 1.40 bits per heavy atom. The van der Waals surface area contributed by atoms with E-state index in [1.54, 1.807) is 0 Å². The van der Waals surface area contributed by atoms with Crippen molar-refractivity contribution in [2.45, 2.75) is 44.6 Å². The van der Waals surface area contributed by atoms with Gasteiger partial charge >= 0.3 is 0 Å². The summed E-state index contributed by atoms with van der Waals surface area (Å²) in [5.74, 6) is 2.09. The van der Waals surface area contributed by atoms with Crippen molar-refractivity contribution in [1.29, 1.82) is 0 Å². The second kappa shape index (κ2) is 5.31. The van der Waals surface area contributed by atoms with Crippen LogP contribution < -0.4 is 5.32 Å². The normalized spacial score (nSPS) is 35.6. The standard InChI is InChI=1S/C13H26N2/c1-14-13-5-3-11(4-6-13)12-7-9-15(2)10-8-12/h11-14H,3-10H2,1-2H3. The van der Waals surface area contributed by atoms with Crippen LogP contribution in [0.15, 0.2) is 0 Å². The molecule has 1 heterocycles. The summed E-state index contributed by atoms with van der Waals surface area (Å²) in [5, 5.41) is 3.43. The average Bonchev–Trinajstić information content (AvgIpc) is 2.30. The fourth-order valence-corrected chi connectivity index (χ4v) is 3.38. The Balaban J connectivity index is 1.75. The molecule has 0 amide bonds. The van der Waals surface area contributed by atoms with Crippen LogP contribution >= 0.6 is 0 Å². The van der Waals surface area contributed by atoms with E-state index in [2.05, 4.69) is 24.3 Å². The number of rotatable bonds is 2. The summed E-state index contributed by atoms with van der Waals surface area (Å²) >= 11 is 0. The number of likely N-dealkylation sites (tertiary alicyclic amines) is 1. The molecule has 1 saturated heterocycles. The van der Waals surface area contributed by atoms with Gasteiger partial charge in [0.15, 0.2) is 0 Å². The zero-order valence-corrected chi connectivity index (χ0v) is 10.3. The number of nitrogens with zero attached hydrogens (tertiary/aromatic N) is 1. The van der Waals surface area contributed by atoms with E-state index in [9.17, 15) is 0 Å². The molecule has 2 nitrogen and oxygen atoms in total. The minimum absolute atomic E-state index is 0.813. The van der Waals surface area contributed by atoms with Gasteiger partial charge in [0.25, 0.3) is 0 Å². The number of hydrogen-bond donors (Lipinski definition) is 1. The Kier molecular flexibility index (Phi) is 4.04. The van der Waals surface area contributed by atoms with Crippen LogP contribution in [-0.2, 0) is 0 Å². The fraction of sp³-hybridized carbons (Fsp3) is 1.00. The van der Waals surface area contributed by atoms with Gasteiger partial charge in [0.05, 0.1) is 0 Å². The number of piperidine rings is 1. The van der Waals surface area contributed by atoms with Crippen molar-refractivity contribution in [1.82, 2.24) is 10.2 Å². The first kappa shape index (κ1) is 11.4. The highest BCUT2D eigenvalue weighted by Crippen LogP contribution is 2.35. The molecule has 15 heavy (non-hydrogen) atoms. The number of hydrogen-bond acceptors (Lipinski definition) is 2. The molecule has 0 bridgehead atoms. The molecule has 1 aliphatic carbocycles. The van der Waals surface area contributed by atoms with Crippen molar-refractivity contribution in [3.05, 3.63) is 0 Å². The molecule has 1 saturated carbocycles. The maximum Gasteiger partial charge on any atom is 0.00642 e. The van der Waals surface area contributed by atoms with E-state index in [4.69, 9.17) is 0 Å². The Morgan fingerprint density at radius 3 is 1.93 bits per heavy atom. The lowest BCUT2D eigenvalue weighted by molar-refractivity contribution is 0.136. The Labute approximate surface area is 94.4 Å². The third kappa shape index (κ3) is 2.94. The van der Waals surface area contributed by atoms with Gasteiger partial charge in [-0.15, -0.1) is 0 Å². The van der Waals surface area contributed by atoms with Crippen molar-refractivity contribution in [3.8, 4) is 0 Å². The van der Waals surface area contributed by atoms with E-state index >= 15 is 0 Å². The summed E-state index contributed by atoms with van der Waals surface area (Å²) < 4.78 is 0. The molecule has 1 N–H and O–H groups in total. The highest BCUT2D eigenvalue weighted by Gasteiger charge is 2.28. The summed E-state index contributed by atoms with van der Waals surface area (Å²) in [6.45, 7) is 2.66. The van der Waals surface area contributed by atoms with Crippen LogP contribution in [0.25, 0.3) is 0 Å². The topological polar surface area (TPSA) is 15.3 Å². The third-order valence-corrected chi connectivity index (χ3v) is 4.61. The lowest BCUT2D eigenvalue weighted by Gasteiger charge is -2.38. The van der Waals surface area contributed by atoms with E-state index in [-0.39, 0.29) is 0 Å². The van der Waals surface area contributed by atoms with Crippen molar-refractivity contribution in [2.24, 2.45) is 11.8 Å². The van der Waals surface area contributed by atoms with Crippen LogP contribution in [0.4, 0.5) is 0 Å². The molecule has 2 rings (SSSR count). The zero-order valence-electron chi connectivity index (χ0n) is 10.3. The minimum Gasteiger partial charge on any atom is -0.317 e. The van der Waals surface area contributed by atoms with Gasteiger partial charge in [-0.25, -0.2) is 0 Å². The molecule has 0 aromatic heterocycles. The van der Waals surface area contributed by atoms with Crippen LogP contribution in [0.1, 0.15) is 38.5 Å². The largest absolute Gasteiger partial charge is 0.317 e. The molecule has 0 aromatic carbocycles. The first-order chi connectivity index (χ1) is 7.29. The Hall–Kier alpha value is -0.0800. The molecule has 0 atom stereocenters. The van der Waals surface area contributed by atoms with Gasteiger partial charge in [-0.3, -0.25) is 0 Å². The van der Waals surface area contributed by atoms with E-state index < -0.39 is 0 Å². The molecular weight excluding hydrogens is 184 g/mol. The SMILES string of the molecule is CNC1CCC(C2CCN(C)CC2)CC1. The summed E-state index contributed by atoms with van der Waals surface area (Å²) in [4.78, 5) is 2.48. The van der Waals surface area contributed by atoms with E-state index in [0.717, 1.165) is 17.9 Å². The summed E-state index contributed by atoms with van der Waals surface area (Å²) in [6, 6.07) is 0.813. The fourth-order valence-electron chi connectivity index (χ4n) is 3.38. The highest BCUT2D eigenvalue weighted by atomic mass is 15.1. The molecule has 1 aliphatic heterocycles. The molecule has 0 aromatic rings. The minimum atomic E-state index is 0.813. The van der Waals surface area contributed by atoms with Crippen molar-refractivity contribution >= 4 is 0 Å². The average molecular weight is 210 g/mol. The summed E-state index contributed by atoms with van der Waals surface area (Å²) in [5.41, 5.74) is 0. The first-order valence-corrected chi connectivity index (χ1v) is 6.65.